The van der Waals surface area contributed by atoms with E-state index in [2.05, 4.69) is 31.3 Å². The fourth-order valence-electron chi connectivity index (χ4n) is 2.66. The molecular formula is C19H21ClFNO. The number of hydrogen-bond donors (Lipinski definition) is 1. The average molecular weight is 334 g/mol. The molecule has 0 spiro atoms. The molecule has 122 valence electrons. The highest BCUT2D eigenvalue weighted by atomic mass is 35.5. The Kier molecular flexibility index (Phi) is 5.42. The lowest BCUT2D eigenvalue weighted by molar-refractivity contribution is -0.121. The summed E-state index contributed by atoms with van der Waals surface area (Å²) in [6, 6.07) is 8.44. The van der Waals surface area contributed by atoms with Gasteiger partial charge in [-0.1, -0.05) is 29.8 Å². The molecule has 0 saturated heterocycles. The van der Waals surface area contributed by atoms with Crippen LogP contribution in [-0.4, -0.2) is 5.91 Å². The molecule has 0 aromatic heterocycles. The molecule has 0 bridgehead atoms. The molecule has 4 heteroatoms. The standard InChI is InChI=1S/C19H21ClFNO/c1-11-7-13(3)17(8-12(11)2)14(4)22-19(23)9-15-5-6-16(20)10-18(15)21/h5-8,10,14H,9H2,1-4H3,(H,22,23). The van der Waals surface area contributed by atoms with E-state index in [-0.39, 0.29) is 18.4 Å². The van der Waals surface area contributed by atoms with Crippen LogP contribution < -0.4 is 5.32 Å². The summed E-state index contributed by atoms with van der Waals surface area (Å²) >= 11 is 5.72. The molecule has 0 radical (unpaired) electrons. The van der Waals surface area contributed by atoms with Gasteiger partial charge in [-0.15, -0.1) is 0 Å². The van der Waals surface area contributed by atoms with E-state index < -0.39 is 5.82 Å². The molecule has 0 aliphatic heterocycles. The van der Waals surface area contributed by atoms with Crippen LogP contribution >= 0.6 is 11.6 Å². The first-order valence-corrected chi connectivity index (χ1v) is 7.96. The van der Waals surface area contributed by atoms with Gasteiger partial charge >= 0.3 is 0 Å². The van der Waals surface area contributed by atoms with Crippen LogP contribution in [0.5, 0.6) is 0 Å². The molecule has 1 N–H and O–H groups in total. The Morgan fingerprint density at radius 3 is 2.43 bits per heavy atom. The zero-order valence-electron chi connectivity index (χ0n) is 13.8. The van der Waals surface area contributed by atoms with Crippen LogP contribution in [0, 0.1) is 26.6 Å². The molecule has 0 saturated carbocycles. The molecule has 2 nitrogen and oxygen atoms in total. The molecule has 1 amide bonds. The van der Waals surface area contributed by atoms with E-state index >= 15 is 0 Å². The van der Waals surface area contributed by atoms with Gasteiger partial charge in [0.2, 0.25) is 5.91 Å². The first-order valence-electron chi connectivity index (χ1n) is 7.59. The van der Waals surface area contributed by atoms with Crippen molar-refractivity contribution in [3.05, 3.63) is 69.0 Å². The Morgan fingerprint density at radius 2 is 1.78 bits per heavy atom. The summed E-state index contributed by atoms with van der Waals surface area (Å²) in [5.41, 5.74) is 4.98. The zero-order valence-corrected chi connectivity index (χ0v) is 14.6. The minimum Gasteiger partial charge on any atom is -0.349 e. The second-order valence-electron chi connectivity index (χ2n) is 5.99. The number of benzene rings is 2. The minimum atomic E-state index is -0.456. The number of carbonyl (C=O) groups is 1. The van der Waals surface area contributed by atoms with Crippen molar-refractivity contribution in [3.8, 4) is 0 Å². The molecule has 0 heterocycles. The summed E-state index contributed by atoms with van der Waals surface area (Å²) in [6.45, 7) is 8.09. The van der Waals surface area contributed by atoms with E-state index in [0.29, 0.717) is 10.6 Å². The predicted molar refractivity (Wildman–Crippen MR) is 92.3 cm³/mol. The third-order valence-electron chi connectivity index (χ3n) is 4.09. The summed E-state index contributed by atoms with van der Waals surface area (Å²) in [5.74, 6) is -0.668. The topological polar surface area (TPSA) is 29.1 Å². The van der Waals surface area contributed by atoms with Crippen LogP contribution in [0.4, 0.5) is 4.39 Å². The number of aryl methyl sites for hydroxylation is 3. The van der Waals surface area contributed by atoms with Crippen molar-refractivity contribution in [1.29, 1.82) is 0 Å². The molecular weight excluding hydrogens is 313 g/mol. The summed E-state index contributed by atoms with van der Waals surface area (Å²) in [5, 5.41) is 3.26. The highest BCUT2D eigenvalue weighted by Gasteiger charge is 2.15. The molecule has 2 aromatic rings. The van der Waals surface area contributed by atoms with Crippen LogP contribution in [0.1, 0.15) is 40.8 Å². The zero-order chi connectivity index (χ0) is 17.1. The molecule has 0 aliphatic carbocycles. The first-order chi connectivity index (χ1) is 10.8. The van der Waals surface area contributed by atoms with Crippen molar-refractivity contribution >= 4 is 17.5 Å². The first kappa shape index (κ1) is 17.5. The van der Waals surface area contributed by atoms with E-state index in [9.17, 15) is 9.18 Å². The lowest BCUT2D eigenvalue weighted by Crippen LogP contribution is -2.29. The van der Waals surface area contributed by atoms with Gasteiger partial charge in [0, 0.05) is 5.02 Å². The van der Waals surface area contributed by atoms with Gasteiger partial charge in [-0.25, -0.2) is 4.39 Å². The van der Waals surface area contributed by atoms with Gasteiger partial charge in [-0.05, 0) is 67.6 Å². The lowest BCUT2D eigenvalue weighted by atomic mass is 9.96. The normalized spacial score (nSPS) is 12.1. The second-order valence-corrected chi connectivity index (χ2v) is 6.43. The fourth-order valence-corrected chi connectivity index (χ4v) is 2.82. The SMILES string of the molecule is Cc1cc(C)c(C(C)NC(=O)Cc2ccc(Cl)cc2F)cc1C. The van der Waals surface area contributed by atoms with Gasteiger partial charge in [0.05, 0.1) is 12.5 Å². The van der Waals surface area contributed by atoms with Crippen LogP contribution in [-0.2, 0) is 11.2 Å². The lowest BCUT2D eigenvalue weighted by Gasteiger charge is -2.18. The number of nitrogens with one attached hydrogen (secondary N) is 1. The number of amides is 1. The largest absolute Gasteiger partial charge is 0.349 e. The van der Waals surface area contributed by atoms with Crippen LogP contribution in [0.2, 0.25) is 5.02 Å². The Bertz CT molecular complexity index is 742. The third-order valence-corrected chi connectivity index (χ3v) is 4.33. The van der Waals surface area contributed by atoms with Gasteiger partial charge in [0.25, 0.3) is 0 Å². The second kappa shape index (κ2) is 7.14. The fraction of sp³-hybridized carbons (Fsp3) is 0.316. The molecule has 2 aromatic carbocycles. The maximum absolute atomic E-state index is 13.8. The van der Waals surface area contributed by atoms with E-state index in [1.165, 1.54) is 17.2 Å². The van der Waals surface area contributed by atoms with Crippen LogP contribution in [0.15, 0.2) is 30.3 Å². The van der Waals surface area contributed by atoms with Crippen molar-refractivity contribution in [3.63, 3.8) is 0 Å². The van der Waals surface area contributed by atoms with Gasteiger partial charge in [-0.2, -0.15) is 0 Å². The van der Waals surface area contributed by atoms with E-state index in [1.807, 2.05) is 13.8 Å². The van der Waals surface area contributed by atoms with Crippen molar-refractivity contribution in [2.75, 3.05) is 0 Å². The number of hydrogen-bond acceptors (Lipinski definition) is 1. The van der Waals surface area contributed by atoms with Crippen molar-refractivity contribution in [2.24, 2.45) is 0 Å². The molecule has 23 heavy (non-hydrogen) atoms. The van der Waals surface area contributed by atoms with Crippen molar-refractivity contribution in [1.82, 2.24) is 5.32 Å². The molecule has 0 fully saturated rings. The summed E-state index contributed by atoms with van der Waals surface area (Å²) < 4.78 is 13.8. The Labute approximate surface area is 141 Å². The quantitative estimate of drug-likeness (QED) is 0.853. The average Bonchev–Trinajstić information content (AvgIpc) is 2.45. The summed E-state index contributed by atoms with van der Waals surface area (Å²) in [7, 11) is 0. The third kappa shape index (κ3) is 4.32. The van der Waals surface area contributed by atoms with Crippen molar-refractivity contribution in [2.45, 2.75) is 40.2 Å². The summed E-state index contributed by atoms with van der Waals surface area (Å²) in [4.78, 5) is 12.2. The van der Waals surface area contributed by atoms with Crippen LogP contribution in [0.25, 0.3) is 0 Å². The molecule has 1 unspecified atom stereocenters. The summed E-state index contributed by atoms with van der Waals surface area (Å²) in [6.07, 6.45) is -0.00274. The van der Waals surface area contributed by atoms with Gasteiger partial charge < -0.3 is 5.32 Å². The van der Waals surface area contributed by atoms with Gasteiger partial charge in [-0.3, -0.25) is 4.79 Å². The predicted octanol–water partition coefficient (Wildman–Crippen LogP) is 4.82. The van der Waals surface area contributed by atoms with E-state index in [1.54, 1.807) is 12.1 Å². The maximum Gasteiger partial charge on any atom is 0.225 e. The number of rotatable bonds is 4. The van der Waals surface area contributed by atoms with Crippen molar-refractivity contribution < 1.29 is 9.18 Å². The maximum atomic E-state index is 13.8. The smallest absolute Gasteiger partial charge is 0.225 e. The van der Waals surface area contributed by atoms with Gasteiger partial charge in [0.1, 0.15) is 5.82 Å². The van der Waals surface area contributed by atoms with E-state index in [4.69, 9.17) is 11.6 Å². The highest BCUT2D eigenvalue weighted by Crippen LogP contribution is 2.22. The molecule has 2 rings (SSSR count). The number of halogens is 2. The molecule has 1 atom stereocenters. The molecule has 0 aliphatic rings. The Balaban J connectivity index is 2.09. The van der Waals surface area contributed by atoms with Gasteiger partial charge in [0.15, 0.2) is 0 Å². The minimum absolute atomic E-state index is 0.00274. The van der Waals surface area contributed by atoms with E-state index in [0.717, 1.165) is 11.1 Å². The number of carbonyl (C=O) groups excluding carboxylic acids is 1. The Morgan fingerprint density at radius 1 is 1.13 bits per heavy atom. The monoisotopic (exact) mass is 333 g/mol. The van der Waals surface area contributed by atoms with Crippen LogP contribution in [0.3, 0.4) is 0 Å². The highest BCUT2D eigenvalue weighted by molar-refractivity contribution is 6.30. The Hall–Kier alpha value is -1.87.